The van der Waals surface area contributed by atoms with E-state index in [2.05, 4.69) is 12.2 Å². The number of para-hydroxylation sites is 1. The quantitative estimate of drug-likeness (QED) is 0.858. The summed E-state index contributed by atoms with van der Waals surface area (Å²) in [6.07, 6.45) is 2.36. The van der Waals surface area contributed by atoms with Crippen molar-refractivity contribution in [1.82, 2.24) is 5.32 Å². The maximum atomic E-state index is 10.1. The van der Waals surface area contributed by atoms with Crippen molar-refractivity contribution in [2.24, 2.45) is 0 Å². The minimum atomic E-state index is 0.247. The predicted octanol–water partition coefficient (Wildman–Crippen LogP) is 2.45. The average molecular weight is 265 g/mol. The average Bonchev–Trinajstić information content (AvgIpc) is 2.40. The highest BCUT2D eigenvalue weighted by Crippen LogP contribution is 2.29. The molecule has 1 heterocycles. The lowest BCUT2D eigenvalue weighted by atomic mass is 10.0. The number of phenolic OH excluding ortho intramolecular Hbond substituents is 1. The van der Waals surface area contributed by atoms with Crippen molar-refractivity contribution in [3.63, 3.8) is 0 Å². The smallest absolute Gasteiger partial charge is 0.162 e. The summed E-state index contributed by atoms with van der Waals surface area (Å²) in [5, 5.41) is 13.6. The zero-order valence-electron chi connectivity index (χ0n) is 11.7. The van der Waals surface area contributed by atoms with Gasteiger partial charge >= 0.3 is 0 Å². The molecule has 2 unspecified atom stereocenters. The Morgan fingerprint density at radius 1 is 1.47 bits per heavy atom. The third-order valence-electron chi connectivity index (χ3n) is 3.45. The van der Waals surface area contributed by atoms with E-state index in [0.717, 1.165) is 25.0 Å². The van der Waals surface area contributed by atoms with Gasteiger partial charge in [0.15, 0.2) is 11.5 Å². The summed E-state index contributed by atoms with van der Waals surface area (Å²) in [6, 6.07) is 6.08. The zero-order chi connectivity index (χ0) is 13.7. The van der Waals surface area contributed by atoms with E-state index in [1.54, 1.807) is 6.07 Å². The summed E-state index contributed by atoms with van der Waals surface area (Å²) >= 11 is 0. The van der Waals surface area contributed by atoms with Crippen LogP contribution in [0.5, 0.6) is 11.5 Å². The van der Waals surface area contributed by atoms with Crippen molar-refractivity contribution in [1.29, 1.82) is 0 Å². The van der Waals surface area contributed by atoms with Gasteiger partial charge in [-0.2, -0.15) is 0 Å². The normalized spacial score (nSPS) is 23.3. The van der Waals surface area contributed by atoms with Gasteiger partial charge < -0.3 is 19.9 Å². The molecular weight excluding hydrogens is 242 g/mol. The van der Waals surface area contributed by atoms with Crippen molar-refractivity contribution in [3.8, 4) is 11.5 Å². The van der Waals surface area contributed by atoms with Crippen LogP contribution >= 0.6 is 0 Å². The lowest BCUT2D eigenvalue weighted by Crippen LogP contribution is -2.37. The summed E-state index contributed by atoms with van der Waals surface area (Å²) in [6.45, 7) is 6.03. The van der Waals surface area contributed by atoms with Crippen LogP contribution in [-0.4, -0.2) is 30.5 Å². The summed E-state index contributed by atoms with van der Waals surface area (Å²) in [5.74, 6) is 0.805. The van der Waals surface area contributed by atoms with Gasteiger partial charge in [0.05, 0.1) is 12.7 Å². The van der Waals surface area contributed by atoms with Crippen molar-refractivity contribution in [3.05, 3.63) is 23.8 Å². The molecule has 19 heavy (non-hydrogen) atoms. The molecule has 0 amide bonds. The lowest BCUT2D eigenvalue weighted by molar-refractivity contribution is 0.0130. The number of rotatable bonds is 5. The first-order chi connectivity index (χ1) is 9.20. The van der Waals surface area contributed by atoms with Gasteiger partial charge in [0.2, 0.25) is 0 Å². The molecule has 1 aliphatic rings. The van der Waals surface area contributed by atoms with E-state index in [4.69, 9.17) is 9.47 Å². The first-order valence-corrected chi connectivity index (χ1v) is 6.99. The van der Waals surface area contributed by atoms with Gasteiger partial charge in [-0.1, -0.05) is 12.1 Å². The summed E-state index contributed by atoms with van der Waals surface area (Å²) in [5.41, 5.74) is 0.880. The van der Waals surface area contributed by atoms with Gasteiger partial charge in [-0.15, -0.1) is 0 Å². The Morgan fingerprint density at radius 2 is 2.32 bits per heavy atom. The molecule has 1 aromatic rings. The maximum Gasteiger partial charge on any atom is 0.162 e. The minimum absolute atomic E-state index is 0.247. The van der Waals surface area contributed by atoms with Crippen LogP contribution in [0, 0.1) is 0 Å². The Kier molecular flexibility index (Phi) is 5.05. The van der Waals surface area contributed by atoms with E-state index in [9.17, 15) is 5.11 Å². The predicted molar refractivity (Wildman–Crippen MR) is 74.6 cm³/mol. The van der Waals surface area contributed by atoms with Crippen LogP contribution in [0.2, 0.25) is 0 Å². The van der Waals surface area contributed by atoms with Crippen molar-refractivity contribution >= 4 is 0 Å². The van der Waals surface area contributed by atoms with Crippen LogP contribution in [0.1, 0.15) is 32.3 Å². The second-order valence-electron chi connectivity index (χ2n) is 4.98. The first-order valence-electron chi connectivity index (χ1n) is 6.99. The topological polar surface area (TPSA) is 50.7 Å². The van der Waals surface area contributed by atoms with E-state index in [1.807, 2.05) is 19.1 Å². The third-order valence-corrected chi connectivity index (χ3v) is 3.45. The minimum Gasteiger partial charge on any atom is -0.504 e. The summed E-state index contributed by atoms with van der Waals surface area (Å²) < 4.78 is 10.9. The largest absolute Gasteiger partial charge is 0.504 e. The van der Waals surface area contributed by atoms with Gasteiger partial charge in [0.25, 0.3) is 0 Å². The Hall–Kier alpha value is -1.26. The van der Waals surface area contributed by atoms with Crippen LogP contribution in [-0.2, 0) is 11.3 Å². The van der Waals surface area contributed by atoms with E-state index >= 15 is 0 Å². The Balaban J connectivity index is 1.93. The molecule has 0 aromatic heterocycles. The zero-order valence-corrected chi connectivity index (χ0v) is 11.7. The molecule has 0 bridgehead atoms. The third kappa shape index (κ3) is 3.85. The molecule has 2 atom stereocenters. The number of nitrogens with one attached hydrogen (secondary N) is 1. The van der Waals surface area contributed by atoms with Gasteiger partial charge in [0.1, 0.15) is 0 Å². The standard InChI is InChI=1S/C15H23NO3/c1-3-18-14-6-4-5-12(15(14)17)10-16-13-7-8-19-11(2)9-13/h4-6,11,13,16-17H,3,7-10H2,1-2H3. The molecule has 0 radical (unpaired) electrons. The molecule has 0 spiro atoms. The number of hydrogen-bond acceptors (Lipinski definition) is 4. The van der Waals surface area contributed by atoms with Crippen LogP contribution in [0.3, 0.4) is 0 Å². The molecule has 2 N–H and O–H groups in total. The molecule has 1 aliphatic heterocycles. The molecule has 1 aromatic carbocycles. The summed E-state index contributed by atoms with van der Waals surface area (Å²) in [4.78, 5) is 0. The number of phenols is 1. The fraction of sp³-hybridized carbons (Fsp3) is 0.600. The van der Waals surface area contributed by atoms with Crippen molar-refractivity contribution in [2.75, 3.05) is 13.2 Å². The second kappa shape index (κ2) is 6.78. The molecule has 4 nitrogen and oxygen atoms in total. The Bertz CT molecular complexity index is 408. The lowest BCUT2D eigenvalue weighted by Gasteiger charge is -2.28. The van der Waals surface area contributed by atoms with Crippen LogP contribution in [0.15, 0.2) is 18.2 Å². The highest BCUT2D eigenvalue weighted by Gasteiger charge is 2.19. The fourth-order valence-corrected chi connectivity index (χ4v) is 2.42. The first kappa shape index (κ1) is 14.2. The maximum absolute atomic E-state index is 10.1. The number of hydrogen-bond donors (Lipinski definition) is 2. The number of benzene rings is 1. The highest BCUT2D eigenvalue weighted by atomic mass is 16.5. The van der Waals surface area contributed by atoms with Gasteiger partial charge in [-0.3, -0.25) is 0 Å². The van der Waals surface area contributed by atoms with Gasteiger partial charge in [-0.05, 0) is 32.8 Å². The van der Waals surface area contributed by atoms with E-state index in [0.29, 0.717) is 31.0 Å². The van der Waals surface area contributed by atoms with E-state index in [-0.39, 0.29) is 5.75 Å². The van der Waals surface area contributed by atoms with Gasteiger partial charge in [-0.25, -0.2) is 0 Å². The molecule has 4 heteroatoms. The molecular formula is C15H23NO3. The van der Waals surface area contributed by atoms with Crippen molar-refractivity contribution in [2.45, 2.75) is 45.4 Å². The second-order valence-corrected chi connectivity index (χ2v) is 4.98. The molecule has 1 fully saturated rings. The monoisotopic (exact) mass is 265 g/mol. The number of ether oxygens (including phenoxy) is 2. The van der Waals surface area contributed by atoms with Crippen LogP contribution in [0.4, 0.5) is 0 Å². The summed E-state index contributed by atoms with van der Waals surface area (Å²) in [7, 11) is 0. The Morgan fingerprint density at radius 3 is 3.05 bits per heavy atom. The van der Waals surface area contributed by atoms with Crippen LogP contribution in [0.25, 0.3) is 0 Å². The Labute approximate surface area is 114 Å². The highest BCUT2D eigenvalue weighted by molar-refractivity contribution is 5.45. The molecule has 0 aliphatic carbocycles. The fourth-order valence-electron chi connectivity index (χ4n) is 2.42. The molecule has 1 saturated heterocycles. The molecule has 0 saturated carbocycles. The van der Waals surface area contributed by atoms with E-state index < -0.39 is 0 Å². The van der Waals surface area contributed by atoms with Crippen molar-refractivity contribution < 1.29 is 14.6 Å². The number of aromatic hydroxyl groups is 1. The molecule has 106 valence electrons. The van der Waals surface area contributed by atoms with Gasteiger partial charge in [0, 0.05) is 24.8 Å². The molecule has 2 rings (SSSR count). The van der Waals surface area contributed by atoms with E-state index in [1.165, 1.54) is 0 Å². The van der Waals surface area contributed by atoms with Crippen LogP contribution < -0.4 is 10.1 Å². The SMILES string of the molecule is CCOc1cccc(CNC2CCOC(C)C2)c1O.